The molecule has 0 spiro atoms. The quantitative estimate of drug-likeness (QED) is 0.866. The van der Waals surface area contributed by atoms with Crippen LogP contribution in [0.15, 0.2) is 18.2 Å². The largest absolute Gasteiger partial charge is 0.444 e. The number of rotatable bonds is 3. The van der Waals surface area contributed by atoms with Crippen molar-refractivity contribution in [1.29, 1.82) is 0 Å². The molecule has 1 amide bonds. The summed E-state index contributed by atoms with van der Waals surface area (Å²) >= 11 is 6.08. The van der Waals surface area contributed by atoms with Crippen LogP contribution in [0.4, 0.5) is 10.5 Å². The summed E-state index contributed by atoms with van der Waals surface area (Å²) in [6.45, 7) is 10.5. The van der Waals surface area contributed by atoms with Gasteiger partial charge in [0, 0.05) is 10.7 Å². The van der Waals surface area contributed by atoms with E-state index in [1.54, 1.807) is 6.07 Å². The maximum Gasteiger partial charge on any atom is 0.412 e. The second-order valence-electron chi connectivity index (χ2n) is 7.50. The monoisotopic (exact) mass is 324 g/mol. The molecule has 4 nitrogen and oxygen atoms in total. The van der Waals surface area contributed by atoms with E-state index in [0.717, 1.165) is 5.56 Å². The molecule has 1 aromatic rings. The van der Waals surface area contributed by atoms with Gasteiger partial charge >= 0.3 is 6.09 Å². The van der Waals surface area contributed by atoms with Gasteiger partial charge in [0.25, 0.3) is 0 Å². The van der Waals surface area contributed by atoms with E-state index in [1.807, 2.05) is 32.9 Å². The zero-order valence-corrected chi connectivity index (χ0v) is 14.6. The fourth-order valence-corrected chi connectivity index (χ4v) is 3.30. The molecule has 0 radical (unpaired) electrons. The number of nitrogens with two attached hydrogens (primary N) is 1. The average Bonchev–Trinajstić information content (AvgIpc) is 2.88. The van der Waals surface area contributed by atoms with Crippen molar-refractivity contribution in [3.05, 3.63) is 28.8 Å². The average molecular weight is 325 g/mol. The van der Waals surface area contributed by atoms with Gasteiger partial charge in [0.2, 0.25) is 0 Å². The van der Waals surface area contributed by atoms with Gasteiger partial charge in [-0.15, -0.1) is 0 Å². The maximum atomic E-state index is 12.0. The highest BCUT2D eigenvalue weighted by Crippen LogP contribution is 2.65. The van der Waals surface area contributed by atoms with Crippen molar-refractivity contribution in [3.63, 3.8) is 0 Å². The van der Waals surface area contributed by atoms with E-state index < -0.39 is 11.7 Å². The van der Waals surface area contributed by atoms with Crippen molar-refractivity contribution >= 4 is 23.4 Å². The second kappa shape index (κ2) is 5.74. The summed E-state index contributed by atoms with van der Waals surface area (Å²) in [6, 6.07) is 5.58. The van der Waals surface area contributed by atoms with E-state index in [4.69, 9.17) is 22.1 Å². The summed E-state index contributed by atoms with van der Waals surface area (Å²) in [4.78, 5) is 12.0. The topological polar surface area (TPSA) is 64.3 Å². The number of amides is 1. The Bertz CT molecular complexity index is 579. The van der Waals surface area contributed by atoms with Crippen LogP contribution in [0.25, 0.3) is 0 Å². The fourth-order valence-electron chi connectivity index (χ4n) is 3.12. The fraction of sp³-hybridized carbons (Fsp3) is 0.588. The third-order valence-electron chi connectivity index (χ3n) is 4.29. The van der Waals surface area contributed by atoms with E-state index >= 15 is 0 Å². The van der Waals surface area contributed by atoms with Gasteiger partial charge in [-0.05, 0) is 62.3 Å². The van der Waals surface area contributed by atoms with Crippen LogP contribution in [-0.4, -0.2) is 18.2 Å². The van der Waals surface area contributed by atoms with Gasteiger partial charge in [-0.2, -0.15) is 0 Å². The first-order valence-electron chi connectivity index (χ1n) is 7.56. The first kappa shape index (κ1) is 17.1. The minimum absolute atomic E-state index is 0.132. The highest BCUT2D eigenvalue weighted by atomic mass is 35.5. The normalized spacial score (nSPS) is 23.0. The lowest BCUT2D eigenvalue weighted by Gasteiger charge is -2.21. The van der Waals surface area contributed by atoms with Gasteiger partial charge in [-0.25, -0.2) is 4.79 Å². The smallest absolute Gasteiger partial charge is 0.412 e. The Kier molecular flexibility index (Phi) is 4.46. The number of nitrogens with one attached hydrogen (secondary N) is 1. The lowest BCUT2D eigenvalue weighted by atomic mass is 10.0. The molecule has 5 heteroatoms. The summed E-state index contributed by atoms with van der Waals surface area (Å²) in [5.41, 5.74) is 7.23. The van der Waals surface area contributed by atoms with Gasteiger partial charge in [0.1, 0.15) is 5.60 Å². The van der Waals surface area contributed by atoms with Crippen LogP contribution in [0.5, 0.6) is 0 Å². The van der Waals surface area contributed by atoms with Crippen molar-refractivity contribution in [2.45, 2.75) is 46.1 Å². The minimum atomic E-state index is -0.540. The molecule has 2 rings (SSSR count). The molecule has 0 saturated heterocycles. The maximum absolute atomic E-state index is 12.0. The van der Waals surface area contributed by atoms with Crippen molar-refractivity contribution in [1.82, 2.24) is 0 Å². The number of anilines is 1. The van der Waals surface area contributed by atoms with Crippen molar-refractivity contribution in [2.75, 3.05) is 11.9 Å². The Labute approximate surface area is 137 Å². The van der Waals surface area contributed by atoms with Crippen LogP contribution >= 0.6 is 11.6 Å². The third-order valence-corrected chi connectivity index (χ3v) is 4.53. The van der Waals surface area contributed by atoms with E-state index in [-0.39, 0.29) is 5.41 Å². The van der Waals surface area contributed by atoms with Crippen LogP contribution in [0.2, 0.25) is 5.02 Å². The summed E-state index contributed by atoms with van der Waals surface area (Å²) in [5.74, 6) is 0.729. The molecule has 2 atom stereocenters. The summed E-state index contributed by atoms with van der Waals surface area (Å²) in [6.07, 6.45) is -0.473. The highest BCUT2D eigenvalue weighted by molar-refractivity contribution is 6.31. The van der Waals surface area contributed by atoms with Crippen LogP contribution in [-0.2, 0) is 4.74 Å². The van der Waals surface area contributed by atoms with Crippen molar-refractivity contribution in [3.8, 4) is 0 Å². The Morgan fingerprint density at radius 2 is 2.05 bits per heavy atom. The van der Waals surface area contributed by atoms with Gasteiger partial charge in [0.05, 0.1) is 0 Å². The number of carbonyl (C=O) groups excluding carboxylic acids is 1. The van der Waals surface area contributed by atoms with Gasteiger partial charge < -0.3 is 10.5 Å². The molecule has 3 N–H and O–H groups in total. The van der Waals surface area contributed by atoms with Gasteiger partial charge in [0.15, 0.2) is 0 Å². The Morgan fingerprint density at radius 3 is 2.55 bits per heavy atom. The van der Waals surface area contributed by atoms with Crippen LogP contribution in [0.1, 0.15) is 46.1 Å². The minimum Gasteiger partial charge on any atom is -0.444 e. The number of benzene rings is 1. The third kappa shape index (κ3) is 3.55. The first-order valence-corrected chi connectivity index (χ1v) is 7.93. The highest BCUT2D eigenvalue weighted by Gasteiger charge is 2.57. The van der Waals surface area contributed by atoms with E-state index in [1.165, 1.54) is 0 Å². The second-order valence-corrected chi connectivity index (χ2v) is 7.94. The van der Waals surface area contributed by atoms with Gasteiger partial charge in [-0.3, -0.25) is 5.32 Å². The standard InChI is InChI=1S/C17H25ClN2O2/c1-16(2,3)22-15(21)20-13-8-10(18)6-7-11(13)14-12(9-19)17(14,4)5/h6-8,12,14H,9,19H2,1-5H3,(H,20,21)/t12-,14-/m0/s1. The summed E-state index contributed by atoms with van der Waals surface area (Å²) in [7, 11) is 0. The Balaban J connectivity index is 2.25. The number of ether oxygens (including phenoxy) is 1. The lowest BCUT2D eigenvalue weighted by Crippen LogP contribution is -2.27. The molecule has 0 aliphatic heterocycles. The number of carbonyl (C=O) groups is 1. The molecular formula is C17H25ClN2O2. The first-order chi connectivity index (χ1) is 10.1. The lowest BCUT2D eigenvalue weighted by molar-refractivity contribution is 0.0636. The summed E-state index contributed by atoms with van der Waals surface area (Å²) < 4.78 is 5.32. The predicted molar refractivity (Wildman–Crippen MR) is 90.4 cm³/mol. The zero-order valence-electron chi connectivity index (χ0n) is 13.9. The molecule has 1 aliphatic rings. The Hall–Kier alpha value is -1.26. The molecule has 1 aliphatic carbocycles. The number of hydrogen-bond acceptors (Lipinski definition) is 3. The molecule has 0 aromatic heterocycles. The molecule has 1 saturated carbocycles. The molecule has 22 heavy (non-hydrogen) atoms. The molecule has 122 valence electrons. The number of halogens is 1. The van der Waals surface area contributed by atoms with E-state index in [2.05, 4.69) is 19.2 Å². The molecule has 0 heterocycles. The molecule has 1 fully saturated rings. The van der Waals surface area contributed by atoms with Gasteiger partial charge in [-0.1, -0.05) is 31.5 Å². The van der Waals surface area contributed by atoms with Crippen LogP contribution in [0.3, 0.4) is 0 Å². The molecule has 0 unspecified atom stereocenters. The van der Waals surface area contributed by atoms with E-state index in [0.29, 0.717) is 29.1 Å². The van der Waals surface area contributed by atoms with Crippen LogP contribution < -0.4 is 11.1 Å². The van der Waals surface area contributed by atoms with Crippen LogP contribution in [0, 0.1) is 11.3 Å². The molecular weight excluding hydrogens is 300 g/mol. The van der Waals surface area contributed by atoms with E-state index in [9.17, 15) is 4.79 Å². The number of hydrogen-bond donors (Lipinski definition) is 2. The predicted octanol–water partition coefficient (Wildman–Crippen LogP) is 4.39. The molecule has 0 bridgehead atoms. The SMILES string of the molecule is CC(C)(C)OC(=O)Nc1cc(Cl)ccc1[C@H]1[C@H](CN)C1(C)C. The van der Waals surface area contributed by atoms with Crippen molar-refractivity contribution < 1.29 is 9.53 Å². The van der Waals surface area contributed by atoms with Crippen molar-refractivity contribution in [2.24, 2.45) is 17.1 Å². The molecule has 1 aromatic carbocycles. The summed E-state index contributed by atoms with van der Waals surface area (Å²) in [5, 5.41) is 3.41. The Morgan fingerprint density at radius 1 is 1.41 bits per heavy atom. The zero-order chi connectivity index (χ0) is 16.7.